The molecule has 0 amide bonds. The van der Waals surface area contributed by atoms with Crippen LogP contribution in [0.15, 0.2) is 34.7 Å². The largest absolute Gasteiger partial charge is 0.464 e. The Morgan fingerprint density at radius 1 is 1.15 bits per heavy atom. The third-order valence-electron chi connectivity index (χ3n) is 4.85. The summed E-state index contributed by atoms with van der Waals surface area (Å²) in [6.07, 6.45) is 0. The Labute approximate surface area is 167 Å². The Kier molecular flexibility index (Phi) is 6.88. The van der Waals surface area contributed by atoms with E-state index in [1.165, 1.54) is 11.1 Å². The van der Waals surface area contributed by atoms with E-state index in [9.17, 15) is 0 Å². The summed E-state index contributed by atoms with van der Waals surface area (Å²) in [6.45, 7) is 12.2. The van der Waals surface area contributed by atoms with Gasteiger partial charge in [-0.1, -0.05) is 12.1 Å². The minimum atomic E-state index is 0.662. The molecule has 0 bridgehead atoms. The highest BCUT2D eigenvalue weighted by Gasteiger charge is 2.17. The number of hydrogen-bond donors (Lipinski definition) is 1. The fraction of sp³-hybridized carbons (Fsp3) is 0.476. The van der Waals surface area contributed by atoms with Gasteiger partial charge < -0.3 is 19.4 Å². The average Bonchev–Trinajstić information content (AvgIpc) is 3.07. The van der Waals surface area contributed by atoms with Gasteiger partial charge in [0.15, 0.2) is 5.11 Å². The van der Waals surface area contributed by atoms with Crippen LogP contribution in [-0.4, -0.2) is 54.3 Å². The molecule has 1 aromatic carbocycles. The van der Waals surface area contributed by atoms with Crippen molar-refractivity contribution in [2.75, 3.05) is 44.7 Å². The lowest BCUT2D eigenvalue weighted by Crippen LogP contribution is -2.44. The van der Waals surface area contributed by atoms with Crippen LogP contribution in [0, 0.1) is 20.8 Å². The molecule has 146 valence electrons. The van der Waals surface area contributed by atoms with Crippen LogP contribution >= 0.6 is 12.2 Å². The quantitative estimate of drug-likeness (QED) is 0.762. The zero-order valence-corrected chi connectivity index (χ0v) is 17.3. The molecule has 0 aliphatic carbocycles. The molecule has 1 aliphatic heterocycles. The molecule has 1 aliphatic rings. The van der Waals surface area contributed by atoms with Gasteiger partial charge in [0, 0.05) is 31.9 Å². The van der Waals surface area contributed by atoms with Gasteiger partial charge >= 0.3 is 0 Å². The molecule has 1 fully saturated rings. The van der Waals surface area contributed by atoms with E-state index in [0.717, 1.165) is 61.7 Å². The van der Waals surface area contributed by atoms with E-state index in [-0.39, 0.29) is 0 Å². The number of ether oxygens (including phenoxy) is 1. The molecular weight excluding hydrogens is 358 g/mol. The Morgan fingerprint density at radius 2 is 1.93 bits per heavy atom. The standard InChI is InChI=1S/C21H29N3O2S/c1-16-4-5-17(2)20(14-16)22-21(27)24(15-19-7-6-18(3)26-19)9-8-23-10-12-25-13-11-23/h4-7,14H,8-13,15H2,1-3H3,(H,22,27). The lowest BCUT2D eigenvalue weighted by Gasteiger charge is -2.31. The van der Waals surface area contributed by atoms with E-state index in [1.807, 2.05) is 19.1 Å². The van der Waals surface area contributed by atoms with Crippen molar-refractivity contribution in [2.24, 2.45) is 0 Å². The number of hydrogen-bond acceptors (Lipinski definition) is 4. The molecule has 2 heterocycles. The van der Waals surface area contributed by atoms with Crippen molar-refractivity contribution in [3.8, 4) is 0 Å². The number of furan rings is 1. The highest BCUT2D eigenvalue weighted by atomic mass is 32.1. The maximum absolute atomic E-state index is 5.79. The van der Waals surface area contributed by atoms with Gasteiger partial charge in [-0.25, -0.2) is 0 Å². The van der Waals surface area contributed by atoms with Crippen LogP contribution in [0.5, 0.6) is 0 Å². The van der Waals surface area contributed by atoms with E-state index in [2.05, 4.69) is 47.2 Å². The molecule has 6 heteroatoms. The molecule has 5 nitrogen and oxygen atoms in total. The molecule has 0 spiro atoms. The van der Waals surface area contributed by atoms with Crippen molar-refractivity contribution in [3.05, 3.63) is 53.0 Å². The van der Waals surface area contributed by atoms with Gasteiger partial charge in [-0.05, 0) is 62.3 Å². The zero-order valence-electron chi connectivity index (χ0n) is 16.5. The molecule has 0 radical (unpaired) electrons. The molecule has 1 saturated heterocycles. The second kappa shape index (κ2) is 9.35. The molecule has 0 saturated carbocycles. The normalized spacial score (nSPS) is 14.9. The van der Waals surface area contributed by atoms with Gasteiger partial charge in [0.05, 0.1) is 19.8 Å². The maximum atomic E-state index is 5.79. The second-order valence-corrected chi connectivity index (χ2v) is 7.52. The van der Waals surface area contributed by atoms with E-state index < -0.39 is 0 Å². The lowest BCUT2D eigenvalue weighted by atomic mass is 10.1. The first-order valence-electron chi connectivity index (χ1n) is 9.50. The Bertz CT molecular complexity index is 769. The fourth-order valence-corrected chi connectivity index (χ4v) is 3.43. The van der Waals surface area contributed by atoms with Gasteiger partial charge in [0.2, 0.25) is 0 Å². The smallest absolute Gasteiger partial charge is 0.173 e. The van der Waals surface area contributed by atoms with Crippen molar-refractivity contribution >= 4 is 23.0 Å². The third kappa shape index (κ3) is 5.79. The Morgan fingerprint density at radius 3 is 2.63 bits per heavy atom. The number of rotatable bonds is 6. The Hall–Kier alpha value is -1.89. The van der Waals surface area contributed by atoms with E-state index in [4.69, 9.17) is 21.4 Å². The molecule has 1 N–H and O–H groups in total. The molecular formula is C21H29N3O2S. The predicted octanol–water partition coefficient (Wildman–Crippen LogP) is 3.74. The number of anilines is 1. The minimum absolute atomic E-state index is 0.662. The van der Waals surface area contributed by atoms with Crippen molar-refractivity contribution in [3.63, 3.8) is 0 Å². The van der Waals surface area contributed by atoms with Gasteiger partial charge in [-0.15, -0.1) is 0 Å². The van der Waals surface area contributed by atoms with Gasteiger partial charge in [-0.3, -0.25) is 4.90 Å². The highest BCUT2D eigenvalue weighted by molar-refractivity contribution is 7.80. The van der Waals surface area contributed by atoms with Crippen LogP contribution in [-0.2, 0) is 11.3 Å². The maximum Gasteiger partial charge on any atom is 0.173 e. The van der Waals surface area contributed by atoms with Crippen LogP contribution in [0.2, 0.25) is 0 Å². The first-order valence-corrected chi connectivity index (χ1v) is 9.90. The van der Waals surface area contributed by atoms with Crippen LogP contribution in [0.3, 0.4) is 0 Å². The van der Waals surface area contributed by atoms with Gasteiger partial charge in [0.25, 0.3) is 0 Å². The first-order chi connectivity index (χ1) is 13.0. The lowest BCUT2D eigenvalue weighted by molar-refractivity contribution is 0.0356. The summed E-state index contributed by atoms with van der Waals surface area (Å²) in [7, 11) is 0. The third-order valence-corrected chi connectivity index (χ3v) is 5.21. The van der Waals surface area contributed by atoms with Gasteiger partial charge in [0.1, 0.15) is 11.5 Å². The van der Waals surface area contributed by atoms with Crippen LogP contribution in [0.4, 0.5) is 5.69 Å². The summed E-state index contributed by atoms with van der Waals surface area (Å²) in [5, 5.41) is 4.17. The molecule has 2 aromatic rings. The van der Waals surface area contributed by atoms with Crippen LogP contribution < -0.4 is 5.32 Å². The topological polar surface area (TPSA) is 40.9 Å². The van der Waals surface area contributed by atoms with E-state index >= 15 is 0 Å². The summed E-state index contributed by atoms with van der Waals surface area (Å²) in [5.41, 5.74) is 3.46. The first kappa shape index (κ1) is 19.9. The second-order valence-electron chi connectivity index (χ2n) is 7.14. The number of benzene rings is 1. The summed E-state index contributed by atoms with van der Waals surface area (Å²) in [5.74, 6) is 1.85. The number of aryl methyl sites for hydroxylation is 3. The highest BCUT2D eigenvalue weighted by Crippen LogP contribution is 2.18. The van der Waals surface area contributed by atoms with Gasteiger partial charge in [-0.2, -0.15) is 0 Å². The van der Waals surface area contributed by atoms with Crippen molar-refractivity contribution in [1.82, 2.24) is 9.80 Å². The Balaban J connectivity index is 1.68. The monoisotopic (exact) mass is 387 g/mol. The summed E-state index contributed by atoms with van der Waals surface area (Å²) < 4.78 is 11.2. The summed E-state index contributed by atoms with van der Waals surface area (Å²) in [4.78, 5) is 4.61. The molecule has 0 atom stereocenters. The number of thiocarbonyl (C=S) groups is 1. The van der Waals surface area contributed by atoms with Crippen molar-refractivity contribution in [2.45, 2.75) is 27.3 Å². The number of nitrogens with one attached hydrogen (secondary N) is 1. The summed E-state index contributed by atoms with van der Waals surface area (Å²) in [6, 6.07) is 10.4. The fourth-order valence-electron chi connectivity index (χ4n) is 3.16. The van der Waals surface area contributed by atoms with Crippen molar-refractivity contribution < 1.29 is 9.15 Å². The molecule has 27 heavy (non-hydrogen) atoms. The van der Waals surface area contributed by atoms with Crippen molar-refractivity contribution in [1.29, 1.82) is 0 Å². The average molecular weight is 388 g/mol. The minimum Gasteiger partial charge on any atom is -0.464 e. The zero-order chi connectivity index (χ0) is 19.2. The van der Waals surface area contributed by atoms with Crippen LogP contribution in [0.25, 0.3) is 0 Å². The number of nitrogens with zero attached hydrogens (tertiary/aromatic N) is 2. The predicted molar refractivity (Wildman–Crippen MR) is 113 cm³/mol. The van der Waals surface area contributed by atoms with E-state index in [1.54, 1.807) is 0 Å². The SMILES string of the molecule is Cc1ccc(C)c(NC(=S)N(CCN2CCOCC2)Cc2ccc(C)o2)c1. The molecule has 1 aromatic heterocycles. The number of morpholine rings is 1. The summed E-state index contributed by atoms with van der Waals surface area (Å²) >= 11 is 5.76. The molecule has 3 rings (SSSR count). The van der Waals surface area contributed by atoms with Crippen LogP contribution in [0.1, 0.15) is 22.6 Å². The van der Waals surface area contributed by atoms with E-state index in [0.29, 0.717) is 6.54 Å². The molecule has 0 unspecified atom stereocenters.